The van der Waals surface area contributed by atoms with Crippen LogP contribution in [-0.4, -0.2) is 24.0 Å². The summed E-state index contributed by atoms with van der Waals surface area (Å²) >= 11 is 0. The number of fused-ring (bicyclic) bond motifs is 1. The number of ether oxygens (including phenoxy) is 1. The van der Waals surface area contributed by atoms with Gasteiger partial charge in [-0.05, 0) is 23.8 Å². The van der Waals surface area contributed by atoms with E-state index in [9.17, 15) is 9.18 Å². The summed E-state index contributed by atoms with van der Waals surface area (Å²) in [5.74, 6) is -1.46. The van der Waals surface area contributed by atoms with Crippen molar-refractivity contribution in [3.05, 3.63) is 35.1 Å². The van der Waals surface area contributed by atoms with Crippen molar-refractivity contribution in [2.24, 2.45) is 5.16 Å². The number of hydrogen-bond donors (Lipinski definition) is 1. The topological polar surface area (TPSA) is 58.9 Å². The molecule has 1 aromatic rings. The van der Waals surface area contributed by atoms with E-state index >= 15 is 0 Å². The average molecular weight is 223 g/mol. The van der Waals surface area contributed by atoms with Gasteiger partial charge in [-0.25, -0.2) is 4.39 Å². The zero-order chi connectivity index (χ0) is 11.7. The molecule has 1 aliphatic rings. The molecule has 5 heteroatoms. The molecule has 84 valence electrons. The van der Waals surface area contributed by atoms with Crippen molar-refractivity contribution in [3.8, 4) is 0 Å². The molecule has 0 saturated heterocycles. The molecule has 0 amide bonds. The Morgan fingerprint density at radius 1 is 1.62 bits per heavy atom. The molecular formula is C11H10FNO3. The van der Waals surface area contributed by atoms with Gasteiger partial charge in [0.25, 0.3) is 0 Å². The molecule has 1 unspecified atom stereocenters. The van der Waals surface area contributed by atoms with Gasteiger partial charge in [0.1, 0.15) is 5.82 Å². The van der Waals surface area contributed by atoms with E-state index < -0.39 is 17.7 Å². The first-order valence-electron chi connectivity index (χ1n) is 4.76. The van der Waals surface area contributed by atoms with E-state index in [1.54, 1.807) is 0 Å². The van der Waals surface area contributed by atoms with Crippen LogP contribution in [0.2, 0.25) is 0 Å². The van der Waals surface area contributed by atoms with Gasteiger partial charge in [0.2, 0.25) is 0 Å². The second-order valence-electron chi connectivity index (χ2n) is 3.56. The Balaban J connectivity index is 2.51. The number of nitrogens with zero attached hydrogens (tertiary/aromatic N) is 1. The van der Waals surface area contributed by atoms with Crippen LogP contribution in [0, 0.1) is 5.82 Å². The molecule has 1 N–H and O–H groups in total. The highest BCUT2D eigenvalue weighted by atomic mass is 19.1. The maximum Gasteiger partial charge on any atom is 0.313 e. The van der Waals surface area contributed by atoms with Crippen molar-refractivity contribution >= 4 is 11.7 Å². The van der Waals surface area contributed by atoms with Gasteiger partial charge in [0, 0.05) is 12.0 Å². The maximum atomic E-state index is 13.1. The van der Waals surface area contributed by atoms with Crippen molar-refractivity contribution in [1.82, 2.24) is 0 Å². The first-order chi connectivity index (χ1) is 7.67. The first kappa shape index (κ1) is 10.6. The van der Waals surface area contributed by atoms with Crippen LogP contribution in [0.15, 0.2) is 23.4 Å². The monoisotopic (exact) mass is 223 g/mol. The highest BCUT2D eigenvalue weighted by Gasteiger charge is 2.34. The zero-order valence-electron chi connectivity index (χ0n) is 8.61. The van der Waals surface area contributed by atoms with E-state index in [2.05, 4.69) is 9.89 Å². The fourth-order valence-corrected chi connectivity index (χ4v) is 1.95. The van der Waals surface area contributed by atoms with Gasteiger partial charge in [-0.1, -0.05) is 5.16 Å². The van der Waals surface area contributed by atoms with E-state index in [0.717, 1.165) is 0 Å². The lowest BCUT2D eigenvalue weighted by Crippen LogP contribution is -2.11. The van der Waals surface area contributed by atoms with E-state index in [0.29, 0.717) is 16.8 Å². The van der Waals surface area contributed by atoms with Crippen LogP contribution >= 0.6 is 0 Å². The second-order valence-corrected chi connectivity index (χ2v) is 3.56. The second kappa shape index (κ2) is 3.92. The Bertz CT molecular complexity index is 470. The molecule has 16 heavy (non-hydrogen) atoms. The zero-order valence-corrected chi connectivity index (χ0v) is 8.61. The van der Waals surface area contributed by atoms with E-state index in [-0.39, 0.29) is 6.42 Å². The number of esters is 1. The average Bonchev–Trinajstić information content (AvgIpc) is 2.66. The largest absolute Gasteiger partial charge is 0.469 e. The Labute approximate surface area is 91.3 Å². The molecule has 0 saturated carbocycles. The molecule has 1 aromatic carbocycles. The van der Waals surface area contributed by atoms with E-state index in [4.69, 9.17) is 5.21 Å². The summed E-state index contributed by atoms with van der Waals surface area (Å²) in [6.45, 7) is 0. The van der Waals surface area contributed by atoms with Crippen molar-refractivity contribution < 1.29 is 19.1 Å². The Kier molecular flexibility index (Phi) is 2.60. The molecule has 0 aromatic heterocycles. The number of oxime groups is 1. The van der Waals surface area contributed by atoms with Crippen molar-refractivity contribution in [2.75, 3.05) is 7.11 Å². The minimum Gasteiger partial charge on any atom is -0.469 e. The number of rotatable bonds is 1. The molecule has 1 aliphatic carbocycles. The number of hydrogen-bond acceptors (Lipinski definition) is 4. The summed E-state index contributed by atoms with van der Waals surface area (Å²) in [5.41, 5.74) is 1.49. The summed E-state index contributed by atoms with van der Waals surface area (Å²) in [6.07, 6.45) is 0.238. The lowest BCUT2D eigenvalue weighted by atomic mass is 10.0. The third kappa shape index (κ3) is 1.54. The third-order valence-electron chi connectivity index (χ3n) is 2.70. The SMILES string of the molecule is COC(=O)C1C/C(=N\O)c2ccc(F)cc21. The molecule has 1 atom stereocenters. The number of benzene rings is 1. The molecular weight excluding hydrogens is 213 g/mol. The fourth-order valence-electron chi connectivity index (χ4n) is 1.95. The van der Waals surface area contributed by atoms with Crippen molar-refractivity contribution in [2.45, 2.75) is 12.3 Å². The summed E-state index contributed by atoms with van der Waals surface area (Å²) in [4.78, 5) is 11.5. The van der Waals surface area contributed by atoms with Crippen molar-refractivity contribution in [3.63, 3.8) is 0 Å². The lowest BCUT2D eigenvalue weighted by Gasteiger charge is -2.07. The van der Waals surface area contributed by atoms with Gasteiger partial charge in [0.05, 0.1) is 18.7 Å². The number of carbonyl (C=O) groups excluding carboxylic acids is 1. The molecule has 0 fully saturated rings. The van der Waals surface area contributed by atoms with Crippen LogP contribution < -0.4 is 0 Å². The smallest absolute Gasteiger partial charge is 0.313 e. The fraction of sp³-hybridized carbons (Fsp3) is 0.273. The minimum atomic E-state index is -0.582. The highest BCUT2D eigenvalue weighted by Crippen LogP contribution is 2.34. The van der Waals surface area contributed by atoms with Crippen LogP contribution in [0.5, 0.6) is 0 Å². The van der Waals surface area contributed by atoms with Crippen LogP contribution in [0.25, 0.3) is 0 Å². The number of halogens is 1. The van der Waals surface area contributed by atoms with Gasteiger partial charge in [0.15, 0.2) is 0 Å². The molecule has 0 radical (unpaired) electrons. The van der Waals surface area contributed by atoms with Crippen LogP contribution in [0.1, 0.15) is 23.5 Å². The van der Waals surface area contributed by atoms with Crippen LogP contribution in [0.4, 0.5) is 4.39 Å². The van der Waals surface area contributed by atoms with Gasteiger partial charge in [-0.2, -0.15) is 0 Å². The summed E-state index contributed by atoms with van der Waals surface area (Å²) in [7, 11) is 1.27. The summed E-state index contributed by atoms with van der Waals surface area (Å²) in [6, 6.07) is 4.04. The molecule has 0 spiro atoms. The molecule has 0 heterocycles. The molecule has 0 bridgehead atoms. The standard InChI is InChI=1S/C11H10FNO3/c1-16-11(14)9-5-10(13-15)7-3-2-6(12)4-8(7)9/h2-4,9,15H,5H2,1H3/b13-10+. The third-order valence-corrected chi connectivity index (χ3v) is 2.70. The predicted molar refractivity (Wildman–Crippen MR) is 54.1 cm³/mol. The normalized spacial score (nSPS) is 20.9. The predicted octanol–water partition coefficient (Wildman–Crippen LogP) is 1.66. The van der Waals surface area contributed by atoms with Crippen LogP contribution in [0.3, 0.4) is 0 Å². The first-order valence-corrected chi connectivity index (χ1v) is 4.76. The highest BCUT2D eigenvalue weighted by molar-refractivity contribution is 6.08. The number of methoxy groups -OCH3 is 1. The summed E-state index contributed by atoms with van der Waals surface area (Å²) < 4.78 is 17.7. The molecule has 4 nitrogen and oxygen atoms in total. The van der Waals surface area contributed by atoms with E-state index in [1.165, 1.54) is 25.3 Å². The minimum absolute atomic E-state index is 0.238. The van der Waals surface area contributed by atoms with Crippen molar-refractivity contribution in [1.29, 1.82) is 0 Å². The van der Waals surface area contributed by atoms with Crippen LogP contribution in [-0.2, 0) is 9.53 Å². The number of carbonyl (C=O) groups is 1. The Hall–Kier alpha value is -1.91. The summed E-state index contributed by atoms with van der Waals surface area (Å²) in [5, 5.41) is 11.9. The van der Waals surface area contributed by atoms with E-state index in [1.807, 2.05) is 0 Å². The quantitative estimate of drug-likeness (QED) is 0.447. The Morgan fingerprint density at radius 3 is 3.00 bits per heavy atom. The maximum absolute atomic E-state index is 13.1. The molecule has 0 aliphatic heterocycles. The van der Waals surface area contributed by atoms with Gasteiger partial charge < -0.3 is 9.94 Å². The molecule has 2 rings (SSSR count). The van der Waals surface area contributed by atoms with Gasteiger partial charge in [-0.3, -0.25) is 4.79 Å². The Morgan fingerprint density at radius 2 is 2.38 bits per heavy atom. The van der Waals surface area contributed by atoms with Gasteiger partial charge in [-0.15, -0.1) is 0 Å². The lowest BCUT2D eigenvalue weighted by molar-refractivity contribution is -0.142. The van der Waals surface area contributed by atoms with Gasteiger partial charge >= 0.3 is 5.97 Å².